The second-order valence-electron chi connectivity index (χ2n) is 2.77. The molecule has 1 amide bonds. The van der Waals surface area contributed by atoms with Crippen LogP contribution in [0.25, 0.3) is 0 Å². The molecule has 0 bridgehead atoms. The summed E-state index contributed by atoms with van der Waals surface area (Å²) in [4.78, 5) is 14.0. The second-order valence-corrected chi connectivity index (χ2v) is 3.20. The first-order valence-electron chi connectivity index (χ1n) is 4.04. The van der Waals surface area contributed by atoms with Crippen LogP contribution >= 0.6 is 11.6 Å². The van der Waals surface area contributed by atoms with E-state index in [0.29, 0.717) is 10.7 Å². The molecule has 1 aromatic heterocycles. The van der Waals surface area contributed by atoms with Crippen LogP contribution in [0.1, 0.15) is 10.5 Å². The lowest BCUT2D eigenvalue weighted by molar-refractivity contribution is 0.0875. The predicted octanol–water partition coefficient (Wildman–Crippen LogP) is -0.249. The van der Waals surface area contributed by atoms with E-state index in [-0.39, 0.29) is 13.2 Å². The lowest BCUT2D eigenvalue weighted by Gasteiger charge is -2.11. The van der Waals surface area contributed by atoms with Crippen LogP contribution in [-0.4, -0.2) is 40.4 Å². The Hall–Kier alpha value is -1.04. The Morgan fingerprint density at radius 1 is 1.57 bits per heavy atom. The largest absolute Gasteiger partial charge is 0.394 e. The van der Waals surface area contributed by atoms with Gasteiger partial charge in [-0.15, -0.1) is 0 Å². The van der Waals surface area contributed by atoms with Gasteiger partial charge in [0.25, 0.3) is 5.91 Å². The number of hydrogen-bond acceptors (Lipinski definition) is 3. The monoisotopic (exact) mass is 218 g/mol. The number of rotatable bonds is 4. The minimum atomic E-state index is -0.649. The normalized spacial score (nSPS) is 10.6. The van der Waals surface area contributed by atoms with Crippen molar-refractivity contribution in [1.29, 1.82) is 0 Å². The van der Waals surface area contributed by atoms with Crippen LogP contribution in [0.15, 0.2) is 12.3 Å². The molecule has 0 aliphatic carbocycles. The number of H-pyrrole nitrogens is 1. The van der Waals surface area contributed by atoms with Crippen molar-refractivity contribution in [2.75, 3.05) is 13.2 Å². The SMILES string of the molecule is O=C(NC(CO)CO)c1cc(Cl)c[nH]1. The van der Waals surface area contributed by atoms with E-state index in [1.165, 1.54) is 12.3 Å². The van der Waals surface area contributed by atoms with Crippen molar-refractivity contribution in [2.24, 2.45) is 0 Å². The van der Waals surface area contributed by atoms with Gasteiger partial charge in [-0.05, 0) is 6.07 Å². The number of aromatic nitrogens is 1. The average molecular weight is 219 g/mol. The maximum atomic E-state index is 11.4. The van der Waals surface area contributed by atoms with Gasteiger partial charge in [-0.1, -0.05) is 11.6 Å². The van der Waals surface area contributed by atoms with E-state index in [2.05, 4.69) is 10.3 Å². The highest BCUT2D eigenvalue weighted by Gasteiger charge is 2.12. The van der Waals surface area contributed by atoms with Crippen LogP contribution in [0.4, 0.5) is 0 Å². The second kappa shape index (κ2) is 4.99. The van der Waals surface area contributed by atoms with Gasteiger partial charge in [0.05, 0.1) is 24.3 Å². The molecule has 0 unspecified atom stereocenters. The summed E-state index contributed by atoms with van der Waals surface area (Å²) < 4.78 is 0. The molecule has 78 valence electrons. The molecule has 0 aromatic carbocycles. The number of carbonyl (C=O) groups excluding carboxylic acids is 1. The molecule has 0 aliphatic heterocycles. The van der Waals surface area contributed by atoms with Crippen LogP contribution in [0, 0.1) is 0 Å². The molecular weight excluding hydrogens is 208 g/mol. The van der Waals surface area contributed by atoms with Crippen molar-refractivity contribution >= 4 is 17.5 Å². The quantitative estimate of drug-likeness (QED) is 0.562. The van der Waals surface area contributed by atoms with Crippen LogP contribution in [-0.2, 0) is 0 Å². The Balaban J connectivity index is 2.58. The number of amides is 1. The minimum absolute atomic E-state index is 0.293. The molecule has 0 saturated carbocycles. The zero-order valence-electron chi connectivity index (χ0n) is 7.33. The molecule has 1 rings (SSSR count). The number of aliphatic hydroxyl groups is 2. The summed E-state index contributed by atoms with van der Waals surface area (Å²) in [5.41, 5.74) is 0.293. The Morgan fingerprint density at radius 3 is 2.64 bits per heavy atom. The Morgan fingerprint density at radius 2 is 2.21 bits per heavy atom. The third-order valence-corrected chi connectivity index (χ3v) is 1.89. The van der Waals surface area contributed by atoms with E-state index < -0.39 is 11.9 Å². The molecule has 0 atom stereocenters. The van der Waals surface area contributed by atoms with Gasteiger partial charge < -0.3 is 20.5 Å². The number of aromatic amines is 1. The number of halogens is 1. The summed E-state index contributed by atoms with van der Waals surface area (Å²) in [6, 6.07) is 0.812. The van der Waals surface area contributed by atoms with Crippen LogP contribution < -0.4 is 5.32 Å². The topological polar surface area (TPSA) is 85.3 Å². The number of aliphatic hydroxyl groups excluding tert-OH is 2. The number of nitrogens with one attached hydrogen (secondary N) is 2. The zero-order chi connectivity index (χ0) is 10.6. The van der Waals surface area contributed by atoms with Gasteiger partial charge >= 0.3 is 0 Å². The summed E-state index contributed by atoms with van der Waals surface area (Å²) in [7, 11) is 0. The summed E-state index contributed by atoms with van der Waals surface area (Å²) in [5.74, 6) is -0.412. The maximum Gasteiger partial charge on any atom is 0.268 e. The number of hydrogen-bond donors (Lipinski definition) is 4. The molecule has 0 fully saturated rings. The predicted molar refractivity (Wildman–Crippen MR) is 51.2 cm³/mol. The molecule has 0 radical (unpaired) electrons. The highest BCUT2D eigenvalue weighted by Crippen LogP contribution is 2.09. The number of carbonyl (C=O) groups is 1. The van der Waals surface area contributed by atoms with Crippen molar-refractivity contribution < 1.29 is 15.0 Å². The van der Waals surface area contributed by atoms with Gasteiger partial charge in [-0.2, -0.15) is 0 Å². The van der Waals surface area contributed by atoms with Crippen LogP contribution in [0.5, 0.6) is 0 Å². The summed E-state index contributed by atoms with van der Waals surface area (Å²) in [5, 5.41) is 20.3. The summed E-state index contributed by atoms with van der Waals surface area (Å²) in [6.07, 6.45) is 1.48. The van der Waals surface area contributed by atoms with Gasteiger partial charge in [0.1, 0.15) is 5.69 Å². The maximum absolute atomic E-state index is 11.4. The summed E-state index contributed by atoms with van der Waals surface area (Å²) >= 11 is 5.60. The summed E-state index contributed by atoms with van der Waals surface area (Å²) in [6.45, 7) is -0.618. The first-order chi connectivity index (χ1) is 6.67. The van der Waals surface area contributed by atoms with Crippen molar-refractivity contribution in [3.05, 3.63) is 23.0 Å². The lowest BCUT2D eigenvalue weighted by atomic mass is 10.3. The van der Waals surface area contributed by atoms with E-state index in [4.69, 9.17) is 21.8 Å². The molecule has 14 heavy (non-hydrogen) atoms. The van der Waals surface area contributed by atoms with Crippen molar-refractivity contribution in [3.63, 3.8) is 0 Å². The van der Waals surface area contributed by atoms with E-state index in [1.54, 1.807) is 0 Å². The van der Waals surface area contributed by atoms with Crippen LogP contribution in [0.3, 0.4) is 0 Å². The van der Waals surface area contributed by atoms with Crippen molar-refractivity contribution in [2.45, 2.75) is 6.04 Å². The smallest absolute Gasteiger partial charge is 0.268 e. The first-order valence-corrected chi connectivity index (χ1v) is 4.41. The highest BCUT2D eigenvalue weighted by molar-refractivity contribution is 6.30. The minimum Gasteiger partial charge on any atom is -0.394 e. The Kier molecular flexibility index (Phi) is 3.94. The van der Waals surface area contributed by atoms with E-state index in [0.717, 1.165) is 0 Å². The van der Waals surface area contributed by atoms with Crippen molar-refractivity contribution in [1.82, 2.24) is 10.3 Å². The Bertz CT molecular complexity index is 309. The molecule has 5 nitrogen and oxygen atoms in total. The first kappa shape index (κ1) is 11.0. The highest BCUT2D eigenvalue weighted by atomic mass is 35.5. The average Bonchev–Trinajstić information content (AvgIpc) is 2.61. The van der Waals surface area contributed by atoms with Gasteiger partial charge in [0.15, 0.2) is 0 Å². The molecule has 1 aromatic rings. The van der Waals surface area contributed by atoms with E-state index >= 15 is 0 Å². The third kappa shape index (κ3) is 2.73. The Labute approximate surface area is 85.7 Å². The standard InChI is InChI=1S/C8H11ClN2O3/c9-5-1-7(10-2-5)8(14)11-6(3-12)4-13/h1-2,6,10,12-13H,3-4H2,(H,11,14). The zero-order valence-corrected chi connectivity index (χ0v) is 8.08. The molecular formula is C8H11ClN2O3. The third-order valence-electron chi connectivity index (χ3n) is 1.67. The molecule has 6 heteroatoms. The van der Waals surface area contributed by atoms with Gasteiger partial charge in [-0.25, -0.2) is 0 Å². The van der Waals surface area contributed by atoms with Crippen molar-refractivity contribution in [3.8, 4) is 0 Å². The molecule has 1 heterocycles. The van der Waals surface area contributed by atoms with Gasteiger partial charge in [0.2, 0.25) is 0 Å². The van der Waals surface area contributed by atoms with Gasteiger partial charge in [-0.3, -0.25) is 4.79 Å². The van der Waals surface area contributed by atoms with E-state index in [1.807, 2.05) is 0 Å². The fourth-order valence-electron chi connectivity index (χ4n) is 0.911. The fraction of sp³-hybridized carbons (Fsp3) is 0.375. The lowest BCUT2D eigenvalue weighted by Crippen LogP contribution is -2.40. The van der Waals surface area contributed by atoms with Crippen LogP contribution in [0.2, 0.25) is 5.02 Å². The molecule has 0 saturated heterocycles. The molecule has 4 N–H and O–H groups in total. The fourth-order valence-corrected chi connectivity index (χ4v) is 1.07. The van der Waals surface area contributed by atoms with Gasteiger partial charge in [0, 0.05) is 6.20 Å². The molecule has 0 aliphatic rings. The molecule has 0 spiro atoms. The van der Waals surface area contributed by atoms with E-state index in [9.17, 15) is 4.79 Å².